The quantitative estimate of drug-likeness (QED) is 0.737. The molecule has 0 saturated carbocycles. The third-order valence-electron chi connectivity index (χ3n) is 3.41. The standard InChI is InChI=1S/C16H20ClFN2/c1-3-20-16(7-12(2)19-20)10-14(11-17)8-13-5-4-6-15(18)9-13/h4-7,9,14H,3,8,10-11H2,1-2H3. The van der Waals surface area contributed by atoms with E-state index in [4.69, 9.17) is 11.6 Å². The fraction of sp³-hybridized carbons (Fsp3) is 0.438. The maximum atomic E-state index is 13.2. The average Bonchev–Trinajstić information content (AvgIpc) is 2.78. The normalized spacial score (nSPS) is 12.6. The number of aryl methyl sites for hydroxylation is 2. The lowest BCUT2D eigenvalue weighted by Gasteiger charge is -2.14. The molecule has 0 amide bonds. The Kier molecular flexibility index (Phi) is 5.18. The Morgan fingerprint density at radius 1 is 1.30 bits per heavy atom. The van der Waals surface area contributed by atoms with Gasteiger partial charge in [0.25, 0.3) is 0 Å². The molecule has 2 aromatic rings. The van der Waals surface area contributed by atoms with E-state index in [-0.39, 0.29) is 5.82 Å². The van der Waals surface area contributed by atoms with Crippen molar-refractivity contribution in [2.24, 2.45) is 5.92 Å². The molecule has 2 rings (SSSR count). The van der Waals surface area contributed by atoms with Crippen molar-refractivity contribution in [3.8, 4) is 0 Å². The molecule has 1 atom stereocenters. The third-order valence-corrected chi connectivity index (χ3v) is 3.85. The molecule has 1 aromatic carbocycles. The lowest BCUT2D eigenvalue weighted by molar-refractivity contribution is 0.529. The fourth-order valence-corrected chi connectivity index (χ4v) is 2.73. The molecule has 0 aliphatic carbocycles. The van der Waals surface area contributed by atoms with E-state index in [1.165, 1.54) is 11.8 Å². The van der Waals surface area contributed by atoms with E-state index < -0.39 is 0 Å². The van der Waals surface area contributed by atoms with Crippen molar-refractivity contribution in [3.05, 3.63) is 53.1 Å². The zero-order valence-corrected chi connectivity index (χ0v) is 12.7. The second-order valence-electron chi connectivity index (χ2n) is 5.15. The monoisotopic (exact) mass is 294 g/mol. The first-order valence-corrected chi connectivity index (χ1v) is 7.49. The summed E-state index contributed by atoms with van der Waals surface area (Å²) in [4.78, 5) is 0. The van der Waals surface area contributed by atoms with Crippen LogP contribution in [0.25, 0.3) is 0 Å². The molecule has 0 saturated heterocycles. The van der Waals surface area contributed by atoms with Crippen molar-refractivity contribution in [2.75, 3.05) is 5.88 Å². The van der Waals surface area contributed by atoms with Crippen LogP contribution >= 0.6 is 11.6 Å². The van der Waals surface area contributed by atoms with Gasteiger partial charge in [0, 0.05) is 18.1 Å². The first kappa shape index (κ1) is 15.0. The second-order valence-corrected chi connectivity index (χ2v) is 5.46. The number of rotatable bonds is 6. The molecule has 1 heterocycles. The predicted octanol–water partition coefficient (Wildman–Crippen LogP) is 3.99. The molecule has 0 aliphatic rings. The van der Waals surface area contributed by atoms with Gasteiger partial charge in [-0.25, -0.2) is 4.39 Å². The van der Waals surface area contributed by atoms with E-state index in [2.05, 4.69) is 18.1 Å². The number of hydrogen-bond donors (Lipinski definition) is 0. The Balaban J connectivity index is 2.08. The van der Waals surface area contributed by atoms with E-state index in [0.29, 0.717) is 11.8 Å². The van der Waals surface area contributed by atoms with Gasteiger partial charge in [-0.1, -0.05) is 12.1 Å². The molecular formula is C16H20ClFN2. The van der Waals surface area contributed by atoms with Crippen LogP contribution in [0.15, 0.2) is 30.3 Å². The largest absolute Gasteiger partial charge is 0.270 e. The van der Waals surface area contributed by atoms with Crippen molar-refractivity contribution >= 4 is 11.6 Å². The van der Waals surface area contributed by atoms with Crippen molar-refractivity contribution < 1.29 is 4.39 Å². The molecule has 0 bridgehead atoms. The van der Waals surface area contributed by atoms with E-state index in [0.717, 1.165) is 30.6 Å². The Hall–Kier alpha value is -1.35. The van der Waals surface area contributed by atoms with Gasteiger partial charge < -0.3 is 0 Å². The minimum atomic E-state index is -0.190. The van der Waals surface area contributed by atoms with Crippen LogP contribution in [0.4, 0.5) is 4.39 Å². The summed E-state index contributed by atoms with van der Waals surface area (Å²) in [5, 5.41) is 4.45. The van der Waals surface area contributed by atoms with E-state index in [1.807, 2.05) is 17.7 Å². The van der Waals surface area contributed by atoms with Crippen molar-refractivity contribution in [3.63, 3.8) is 0 Å². The summed E-state index contributed by atoms with van der Waals surface area (Å²) in [6.07, 6.45) is 1.66. The average molecular weight is 295 g/mol. The predicted molar refractivity (Wildman–Crippen MR) is 80.7 cm³/mol. The summed E-state index contributed by atoms with van der Waals surface area (Å²) in [7, 11) is 0. The SMILES string of the molecule is CCn1nc(C)cc1CC(CCl)Cc1cccc(F)c1. The van der Waals surface area contributed by atoms with Gasteiger partial charge in [0.1, 0.15) is 5.82 Å². The number of nitrogens with zero attached hydrogens (tertiary/aromatic N) is 2. The highest BCUT2D eigenvalue weighted by atomic mass is 35.5. The minimum Gasteiger partial charge on any atom is -0.270 e. The summed E-state index contributed by atoms with van der Waals surface area (Å²) in [5.41, 5.74) is 3.22. The van der Waals surface area contributed by atoms with Crippen LogP contribution in [0.2, 0.25) is 0 Å². The fourth-order valence-electron chi connectivity index (χ4n) is 2.51. The minimum absolute atomic E-state index is 0.190. The topological polar surface area (TPSA) is 17.8 Å². The number of halogens is 2. The summed E-state index contributed by atoms with van der Waals surface area (Å²) in [5.74, 6) is 0.662. The molecule has 0 fully saturated rings. The third kappa shape index (κ3) is 3.83. The van der Waals surface area contributed by atoms with Gasteiger partial charge >= 0.3 is 0 Å². The van der Waals surface area contributed by atoms with E-state index >= 15 is 0 Å². The number of alkyl halides is 1. The molecule has 1 aromatic heterocycles. The van der Waals surface area contributed by atoms with Crippen molar-refractivity contribution in [2.45, 2.75) is 33.2 Å². The Morgan fingerprint density at radius 3 is 2.75 bits per heavy atom. The highest BCUT2D eigenvalue weighted by Gasteiger charge is 2.14. The van der Waals surface area contributed by atoms with Crippen LogP contribution < -0.4 is 0 Å². The second kappa shape index (κ2) is 6.89. The molecule has 4 heteroatoms. The van der Waals surface area contributed by atoms with Gasteiger partial charge in [-0.2, -0.15) is 5.10 Å². The summed E-state index contributed by atoms with van der Waals surface area (Å²) < 4.78 is 15.2. The molecule has 0 N–H and O–H groups in total. The first-order chi connectivity index (χ1) is 9.62. The summed E-state index contributed by atoms with van der Waals surface area (Å²) in [6, 6.07) is 8.85. The van der Waals surface area contributed by atoms with Gasteiger partial charge in [0.2, 0.25) is 0 Å². The lowest BCUT2D eigenvalue weighted by atomic mass is 9.96. The van der Waals surface area contributed by atoms with Crippen LogP contribution in [0, 0.1) is 18.7 Å². The Morgan fingerprint density at radius 2 is 2.10 bits per heavy atom. The van der Waals surface area contributed by atoms with Crippen molar-refractivity contribution in [1.29, 1.82) is 0 Å². The summed E-state index contributed by atoms with van der Waals surface area (Å²) >= 11 is 6.09. The maximum absolute atomic E-state index is 13.2. The molecule has 0 aliphatic heterocycles. The number of benzene rings is 1. The van der Waals surface area contributed by atoms with Crippen LogP contribution in [-0.4, -0.2) is 15.7 Å². The molecular weight excluding hydrogens is 275 g/mol. The smallest absolute Gasteiger partial charge is 0.123 e. The molecule has 20 heavy (non-hydrogen) atoms. The molecule has 1 unspecified atom stereocenters. The van der Waals surface area contributed by atoms with Crippen LogP contribution in [0.3, 0.4) is 0 Å². The van der Waals surface area contributed by atoms with Gasteiger partial charge in [-0.15, -0.1) is 11.6 Å². The Bertz CT molecular complexity index is 565. The molecule has 108 valence electrons. The zero-order chi connectivity index (χ0) is 14.5. The first-order valence-electron chi connectivity index (χ1n) is 6.96. The lowest BCUT2D eigenvalue weighted by Crippen LogP contribution is -2.14. The zero-order valence-electron chi connectivity index (χ0n) is 11.9. The van der Waals surface area contributed by atoms with E-state index in [9.17, 15) is 4.39 Å². The van der Waals surface area contributed by atoms with Crippen LogP contribution in [0.5, 0.6) is 0 Å². The van der Waals surface area contributed by atoms with Gasteiger partial charge in [0.05, 0.1) is 5.69 Å². The van der Waals surface area contributed by atoms with Crippen LogP contribution in [-0.2, 0) is 19.4 Å². The molecule has 2 nitrogen and oxygen atoms in total. The van der Waals surface area contributed by atoms with Gasteiger partial charge in [-0.05, 0) is 56.4 Å². The van der Waals surface area contributed by atoms with Crippen LogP contribution in [0.1, 0.15) is 23.9 Å². The Labute approximate surface area is 124 Å². The maximum Gasteiger partial charge on any atom is 0.123 e. The highest BCUT2D eigenvalue weighted by molar-refractivity contribution is 6.18. The van der Waals surface area contributed by atoms with Gasteiger partial charge in [0.15, 0.2) is 0 Å². The summed E-state index contributed by atoms with van der Waals surface area (Å²) in [6.45, 7) is 4.94. The number of hydrogen-bond acceptors (Lipinski definition) is 1. The van der Waals surface area contributed by atoms with Crippen molar-refractivity contribution in [1.82, 2.24) is 9.78 Å². The van der Waals surface area contributed by atoms with E-state index in [1.54, 1.807) is 12.1 Å². The molecule has 0 spiro atoms. The number of aromatic nitrogens is 2. The molecule has 0 radical (unpaired) electrons. The highest BCUT2D eigenvalue weighted by Crippen LogP contribution is 2.18. The van der Waals surface area contributed by atoms with Gasteiger partial charge in [-0.3, -0.25) is 4.68 Å².